The van der Waals surface area contributed by atoms with Crippen LogP contribution in [0.3, 0.4) is 0 Å². The molecular formula is C17H26O4. The van der Waals surface area contributed by atoms with Crippen molar-refractivity contribution in [2.45, 2.75) is 44.9 Å². The highest BCUT2D eigenvalue weighted by Crippen LogP contribution is 2.16. The number of ether oxygens (including phenoxy) is 2. The summed E-state index contributed by atoms with van der Waals surface area (Å²) in [7, 11) is 1.43. The van der Waals surface area contributed by atoms with Gasteiger partial charge in [-0.15, -0.1) is 0 Å². The maximum absolute atomic E-state index is 10.9. The van der Waals surface area contributed by atoms with Crippen molar-refractivity contribution < 1.29 is 19.4 Å². The predicted octanol–water partition coefficient (Wildman–Crippen LogP) is 3.11. The quantitative estimate of drug-likeness (QED) is 0.503. The van der Waals surface area contributed by atoms with E-state index in [0.29, 0.717) is 13.0 Å². The van der Waals surface area contributed by atoms with Crippen LogP contribution >= 0.6 is 0 Å². The first-order chi connectivity index (χ1) is 10.3. The lowest BCUT2D eigenvalue weighted by Crippen LogP contribution is -2.01. The van der Waals surface area contributed by atoms with Crippen LogP contribution in [0.5, 0.6) is 5.75 Å². The van der Waals surface area contributed by atoms with Crippen LogP contribution in [-0.4, -0.2) is 31.4 Å². The minimum atomic E-state index is -0.116. The van der Waals surface area contributed by atoms with Gasteiger partial charge in [-0.25, -0.2) is 0 Å². The summed E-state index contributed by atoms with van der Waals surface area (Å²) < 4.78 is 10.0. The van der Waals surface area contributed by atoms with E-state index in [0.717, 1.165) is 37.9 Å². The number of unbranched alkanes of at least 4 members (excludes halogenated alkanes) is 4. The molecule has 0 aliphatic carbocycles. The number of aliphatic hydroxyl groups is 1. The molecule has 0 amide bonds. The predicted molar refractivity (Wildman–Crippen MR) is 82.4 cm³/mol. The topological polar surface area (TPSA) is 55.8 Å². The van der Waals surface area contributed by atoms with Gasteiger partial charge in [-0.2, -0.15) is 0 Å². The van der Waals surface area contributed by atoms with Gasteiger partial charge in [-0.05, 0) is 37.0 Å². The largest absolute Gasteiger partial charge is 0.491 e. The van der Waals surface area contributed by atoms with Crippen LogP contribution < -0.4 is 4.74 Å². The van der Waals surface area contributed by atoms with Gasteiger partial charge in [0.25, 0.3) is 0 Å². The molecule has 0 spiro atoms. The van der Waals surface area contributed by atoms with E-state index in [1.54, 1.807) is 0 Å². The van der Waals surface area contributed by atoms with Crippen LogP contribution in [0.2, 0.25) is 0 Å². The Morgan fingerprint density at radius 3 is 2.67 bits per heavy atom. The molecule has 0 saturated heterocycles. The number of benzene rings is 1. The van der Waals surface area contributed by atoms with Gasteiger partial charge < -0.3 is 14.6 Å². The first-order valence-electron chi connectivity index (χ1n) is 7.65. The van der Waals surface area contributed by atoms with E-state index in [2.05, 4.69) is 10.8 Å². The van der Waals surface area contributed by atoms with Crippen molar-refractivity contribution in [3.63, 3.8) is 0 Å². The maximum atomic E-state index is 10.9. The highest BCUT2D eigenvalue weighted by Gasteiger charge is 2.00. The smallest absolute Gasteiger partial charge is 0.305 e. The van der Waals surface area contributed by atoms with Crippen LogP contribution in [0.1, 0.15) is 44.1 Å². The van der Waals surface area contributed by atoms with Crippen molar-refractivity contribution in [3.05, 3.63) is 29.8 Å². The van der Waals surface area contributed by atoms with Gasteiger partial charge in [-0.1, -0.05) is 31.4 Å². The van der Waals surface area contributed by atoms with E-state index < -0.39 is 0 Å². The Balaban J connectivity index is 2.11. The SMILES string of the molecule is COC(=O)CCCCCCCc1cccc(OCCO)c1. The second kappa shape index (κ2) is 11.1. The van der Waals surface area contributed by atoms with Gasteiger partial charge in [0.1, 0.15) is 12.4 Å². The summed E-state index contributed by atoms with van der Waals surface area (Å²) in [6.45, 7) is 0.374. The van der Waals surface area contributed by atoms with E-state index in [-0.39, 0.29) is 12.6 Å². The average molecular weight is 294 g/mol. The molecule has 21 heavy (non-hydrogen) atoms. The lowest BCUT2D eigenvalue weighted by molar-refractivity contribution is -0.140. The molecule has 0 aliphatic rings. The van der Waals surface area contributed by atoms with E-state index >= 15 is 0 Å². The van der Waals surface area contributed by atoms with Gasteiger partial charge in [0, 0.05) is 6.42 Å². The average Bonchev–Trinajstić information content (AvgIpc) is 2.52. The summed E-state index contributed by atoms with van der Waals surface area (Å²) >= 11 is 0. The Morgan fingerprint density at radius 1 is 1.14 bits per heavy atom. The lowest BCUT2D eigenvalue weighted by atomic mass is 10.0. The number of methoxy groups -OCH3 is 1. The molecule has 1 rings (SSSR count). The van der Waals surface area contributed by atoms with Crippen LogP contribution in [0.25, 0.3) is 0 Å². The molecule has 4 heteroatoms. The number of hydrogen-bond donors (Lipinski definition) is 1. The molecule has 0 unspecified atom stereocenters. The molecule has 0 atom stereocenters. The van der Waals surface area contributed by atoms with Gasteiger partial charge in [-0.3, -0.25) is 4.79 Å². The first-order valence-corrected chi connectivity index (χ1v) is 7.65. The number of rotatable bonds is 11. The molecular weight excluding hydrogens is 268 g/mol. The van der Waals surface area contributed by atoms with Crippen molar-refractivity contribution in [2.75, 3.05) is 20.3 Å². The van der Waals surface area contributed by atoms with Gasteiger partial charge in [0.05, 0.1) is 13.7 Å². The zero-order chi connectivity index (χ0) is 15.3. The Hall–Kier alpha value is -1.55. The van der Waals surface area contributed by atoms with Crippen LogP contribution in [0.4, 0.5) is 0 Å². The third kappa shape index (κ3) is 8.35. The van der Waals surface area contributed by atoms with Crippen LogP contribution in [-0.2, 0) is 16.0 Å². The summed E-state index contributed by atoms with van der Waals surface area (Å²) in [5, 5.41) is 8.74. The summed E-state index contributed by atoms with van der Waals surface area (Å²) in [6, 6.07) is 8.03. The zero-order valence-corrected chi connectivity index (χ0v) is 12.8. The molecule has 4 nitrogen and oxygen atoms in total. The monoisotopic (exact) mass is 294 g/mol. The minimum Gasteiger partial charge on any atom is -0.491 e. The highest BCUT2D eigenvalue weighted by molar-refractivity contribution is 5.68. The summed E-state index contributed by atoms with van der Waals surface area (Å²) in [5.74, 6) is 0.703. The van der Waals surface area contributed by atoms with Crippen molar-refractivity contribution in [3.8, 4) is 5.75 Å². The van der Waals surface area contributed by atoms with Gasteiger partial charge in [0.15, 0.2) is 0 Å². The molecule has 118 valence electrons. The molecule has 1 N–H and O–H groups in total. The van der Waals surface area contributed by atoms with E-state index in [1.807, 2.05) is 18.2 Å². The number of aliphatic hydroxyl groups excluding tert-OH is 1. The molecule has 0 aliphatic heterocycles. The highest BCUT2D eigenvalue weighted by atomic mass is 16.5. The Kier molecular flexibility index (Phi) is 9.29. The van der Waals surface area contributed by atoms with Crippen LogP contribution in [0, 0.1) is 0 Å². The van der Waals surface area contributed by atoms with Crippen molar-refractivity contribution >= 4 is 5.97 Å². The maximum Gasteiger partial charge on any atom is 0.305 e. The molecule has 0 radical (unpaired) electrons. The molecule has 1 aromatic carbocycles. The fourth-order valence-corrected chi connectivity index (χ4v) is 2.19. The van der Waals surface area contributed by atoms with Crippen LogP contribution in [0.15, 0.2) is 24.3 Å². The third-order valence-electron chi connectivity index (χ3n) is 3.33. The normalized spacial score (nSPS) is 10.4. The fraction of sp³-hybridized carbons (Fsp3) is 0.588. The number of carbonyl (C=O) groups is 1. The first kappa shape index (κ1) is 17.5. The number of carbonyl (C=O) groups excluding carboxylic acids is 1. The summed E-state index contributed by atoms with van der Waals surface area (Å²) in [5.41, 5.74) is 1.26. The molecule has 0 aromatic heterocycles. The van der Waals surface area contributed by atoms with Crippen molar-refractivity contribution in [1.29, 1.82) is 0 Å². The summed E-state index contributed by atoms with van der Waals surface area (Å²) in [6.07, 6.45) is 7.02. The molecule has 1 aromatic rings. The van der Waals surface area contributed by atoms with Crippen molar-refractivity contribution in [1.82, 2.24) is 0 Å². The molecule has 0 heterocycles. The molecule has 0 bridgehead atoms. The number of hydrogen-bond acceptors (Lipinski definition) is 4. The van der Waals surface area contributed by atoms with Gasteiger partial charge >= 0.3 is 5.97 Å². The standard InChI is InChI=1S/C17H26O4/c1-20-17(19)11-6-4-2-3-5-8-15-9-7-10-16(14-15)21-13-12-18/h7,9-10,14,18H,2-6,8,11-13H2,1H3. The van der Waals surface area contributed by atoms with Crippen molar-refractivity contribution in [2.24, 2.45) is 0 Å². The fourth-order valence-electron chi connectivity index (χ4n) is 2.19. The molecule has 0 fully saturated rings. The van der Waals surface area contributed by atoms with E-state index in [9.17, 15) is 4.79 Å². The lowest BCUT2D eigenvalue weighted by Gasteiger charge is -2.07. The second-order valence-electron chi connectivity index (χ2n) is 5.06. The van der Waals surface area contributed by atoms with Gasteiger partial charge in [0.2, 0.25) is 0 Å². The zero-order valence-electron chi connectivity index (χ0n) is 12.8. The Morgan fingerprint density at radius 2 is 1.90 bits per heavy atom. The minimum absolute atomic E-state index is 0.0375. The Bertz CT molecular complexity index is 404. The molecule has 0 saturated carbocycles. The Labute approximate surface area is 127 Å². The van der Waals surface area contributed by atoms with E-state index in [4.69, 9.17) is 9.84 Å². The number of esters is 1. The van der Waals surface area contributed by atoms with E-state index in [1.165, 1.54) is 19.1 Å². The third-order valence-corrected chi connectivity index (χ3v) is 3.33. The number of aryl methyl sites for hydroxylation is 1. The second-order valence-corrected chi connectivity index (χ2v) is 5.06. The summed E-state index contributed by atoms with van der Waals surface area (Å²) in [4.78, 5) is 10.9.